The van der Waals surface area contributed by atoms with Crippen LogP contribution < -0.4 is 5.32 Å². The van der Waals surface area contributed by atoms with Crippen LogP contribution in [0.15, 0.2) is 30.3 Å². The molecule has 1 unspecified atom stereocenters. The molecular formula is C15H21N. The third-order valence-corrected chi connectivity index (χ3v) is 4.25. The molecule has 3 atom stereocenters. The van der Waals surface area contributed by atoms with E-state index in [4.69, 9.17) is 0 Å². The molecule has 3 rings (SSSR count). The van der Waals surface area contributed by atoms with Crippen LogP contribution in [0.25, 0.3) is 0 Å². The van der Waals surface area contributed by atoms with Gasteiger partial charge in [0.25, 0.3) is 0 Å². The molecule has 1 aromatic carbocycles. The molecule has 1 heteroatoms. The molecule has 0 aliphatic carbocycles. The van der Waals surface area contributed by atoms with Crippen LogP contribution in [0.5, 0.6) is 0 Å². The average molecular weight is 215 g/mol. The Labute approximate surface area is 98.3 Å². The minimum atomic E-state index is 0.847. The second-order valence-corrected chi connectivity index (χ2v) is 5.50. The van der Waals surface area contributed by atoms with Gasteiger partial charge in [0.05, 0.1) is 0 Å². The fraction of sp³-hybridized carbons (Fsp3) is 0.600. The summed E-state index contributed by atoms with van der Waals surface area (Å²) < 4.78 is 0. The Bertz CT molecular complexity index is 321. The van der Waals surface area contributed by atoms with Crippen molar-refractivity contribution in [3.8, 4) is 0 Å². The van der Waals surface area contributed by atoms with Crippen LogP contribution in [-0.2, 0) is 6.42 Å². The summed E-state index contributed by atoms with van der Waals surface area (Å²) >= 11 is 0. The fourth-order valence-electron chi connectivity index (χ4n) is 3.43. The number of rotatable bonds is 3. The minimum absolute atomic E-state index is 0.847. The lowest BCUT2D eigenvalue weighted by Gasteiger charge is -2.29. The van der Waals surface area contributed by atoms with Crippen molar-refractivity contribution in [3.63, 3.8) is 0 Å². The summed E-state index contributed by atoms with van der Waals surface area (Å²) in [5.74, 6) is 0.971. The lowest BCUT2D eigenvalue weighted by atomic mass is 9.87. The van der Waals surface area contributed by atoms with Crippen LogP contribution in [0, 0.1) is 5.92 Å². The van der Waals surface area contributed by atoms with Crippen LogP contribution in [0.4, 0.5) is 0 Å². The smallest absolute Gasteiger partial charge is 0.00728 e. The Morgan fingerprint density at radius 1 is 1.00 bits per heavy atom. The van der Waals surface area contributed by atoms with Crippen molar-refractivity contribution < 1.29 is 0 Å². The van der Waals surface area contributed by atoms with Crippen molar-refractivity contribution in [2.75, 3.05) is 0 Å². The molecule has 1 N–H and O–H groups in total. The second-order valence-electron chi connectivity index (χ2n) is 5.50. The Hall–Kier alpha value is -0.820. The van der Waals surface area contributed by atoms with Crippen LogP contribution in [0.2, 0.25) is 0 Å². The van der Waals surface area contributed by atoms with Crippen LogP contribution >= 0.6 is 0 Å². The molecule has 2 bridgehead atoms. The molecule has 2 fully saturated rings. The highest BCUT2D eigenvalue weighted by atomic mass is 15.0. The largest absolute Gasteiger partial charge is 0.311 e. The van der Waals surface area contributed by atoms with Gasteiger partial charge >= 0.3 is 0 Å². The molecule has 86 valence electrons. The van der Waals surface area contributed by atoms with E-state index in [9.17, 15) is 0 Å². The molecule has 0 radical (unpaired) electrons. The monoisotopic (exact) mass is 215 g/mol. The molecule has 0 saturated carbocycles. The minimum Gasteiger partial charge on any atom is -0.311 e. The van der Waals surface area contributed by atoms with Gasteiger partial charge in [0.15, 0.2) is 0 Å². The summed E-state index contributed by atoms with van der Waals surface area (Å²) in [4.78, 5) is 0. The molecule has 1 aromatic rings. The van der Waals surface area contributed by atoms with Crippen molar-refractivity contribution in [1.29, 1.82) is 0 Å². The maximum absolute atomic E-state index is 3.72. The molecule has 2 aliphatic rings. The molecule has 0 aromatic heterocycles. The van der Waals surface area contributed by atoms with E-state index in [1.54, 1.807) is 0 Å². The highest BCUT2D eigenvalue weighted by molar-refractivity contribution is 5.14. The third-order valence-electron chi connectivity index (χ3n) is 4.25. The molecule has 2 saturated heterocycles. The second kappa shape index (κ2) is 4.58. The maximum atomic E-state index is 3.72. The van der Waals surface area contributed by atoms with E-state index in [2.05, 4.69) is 35.6 Å². The number of nitrogens with one attached hydrogen (secondary N) is 1. The van der Waals surface area contributed by atoms with Gasteiger partial charge in [-0.1, -0.05) is 30.3 Å². The van der Waals surface area contributed by atoms with E-state index in [0.29, 0.717) is 0 Å². The Balaban J connectivity index is 1.52. The zero-order chi connectivity index (χ0) is 10.8. The first-order chi connectivity index (χ1) is 7.90. The van der Waals surface area contributed by atoms with Gasteiger partial charge in [-0.25, -0.2) is 0 Å². The van der Waals surface area contributed by atoms with Gasteiger partial charge in [0.2, 0.25) is 0 Å². The fourth-order valence-corrected chi connectivity index (χ4v) is 3.43. The van der Waals surface area contributed by atoms with Crippen LogP contribution in [0.3, 0.4) is 0 Å². The molecule has 2 heterocycles. The summed E-state index contributed by atoms with van der Waals surface area (Å²) in [5, 5.41) is 3.72. The SMILES string of the molecule is c1ccc(CCC2C[C@H]3CC[C@@H](C2)N3)cc1. The molecule has 1 nitrogen and oxygen atoms in total. The highest BCUT2D eigenvalue weighted by Crippen LogP contribution is 2.33. The summed E-state index contributed by atoms with van der Waals surface area (Å²) in [5.41, 5.74) is 1.51. The summed E-state index contributed by atoms with van der Waals surface area (Å²) in [6.45, 7) is 0. The first-order valence-electron chi connectivity index (χ1n) is 6.70. The van der Waals surface area contributed by atoms with Gasteiger partial charge in [-0.15, -0.1) is 0 Å². The van der Waals surface area contributed by atoms with E-state index in [0.717, 1.165) is 18.0 Å². The third kappa shape index (κ3) is 2.30. The van der Waals surface area contributed by atoms with E-state index < -0.39 is 0 Å². The van der Waals surface area contributed by atoms with Crippen molar-refractivity contribution in [1.82, 2.24) is 5.32 Å². The van der Waals surface area contributed by atoms with E-state index >= 15 is 0 Å². The zero-order valence-corrected chi connectivity index (χ0v) is 9.86. The zero-order valence-electron chi connectivity index (χ0n) is 9.86. The molecule has 0 amide bonds. The average Bonchev–Trinajstić information content (AvgIpc) is 2.67. The summed E-state index contributed by atoms with van der Waals surface area (Å²) in [6, 6.07) is 12.6. The summed E-state index contributed by atoms with van der Waals surface area (Å²) in [7, 11) is 0. The number of hydrogen-bond acceptors (Lipinski definition) is 1. The van der Waals surface area contributed by atoms with Gasteiger partial charge in [-0.2, -0.15) is 0 Å². The number of hydrogen-bond donors (Lipinski definition) is 1. The summed E-state index contributed by atoms with van der Waals surface area (Å²) in [6.07, 6.45) is 8.34. The predicted molar refractivity (Wildman–Crippen MR) is 67.4 cm³/mol. The number of piperidine rings is 1. The lowest BCUT2D eigenvalue weighted by Crippen LogP contribution is -2.38. The number of benzene rings is 1. The van der Waals surface area contributed by atoms with Crippen molar-refractivity contribution in [2.45, 2.75) is 50.6 Å². The quantitative estimate of drug-likeness (QED) is 0.816. The standard InChI is InChI=1S/C15H21N/c1-2-4-12(5-3-1)6-7-13-10-14-8-9-15(11-13)16-14/h1-5,13-16H,6-11H2/t13?,14-,15+. The van der Waals surface area contributed by atoms with Crippen molar-refractivity contribution in [2.24, 2.45) is 5.92 Å². The van der Waals surface area contributed by atoms with E-state index in [1.165, 1.54) is 44.1 Å². The Morgan fingerprint density at radius 3 is 2.38 bits per heavy atom. The van der Waals surface area contributed by atoms with E-state index in [-0.39, 0.29) is 0 Å². The van der Waals surface area contributed by atoms with Crippen LogP contribution in [-0.4, -0.2) is 12.1 Å². The Kier molecular flexibility index (Phi) is 2.96. The molecule has 0 spiro atoms. The van der Waals surface area contributed by atoms with Gasteiger partial charge in [0, 0.05) is 12.1 Å². The molecule has 16 heavy (non-hydrogen) atoms. The first-order valence-corrected chi connectivity index (χ1v) is 6.70. The van der Waals surface area contributed by atoms with Gasteiger partial charge in [-0.3, -0.25) is 0 Å². The van der Waals surface area contributed by atoms with Crippen molar-refractivity contribution in [3.05, 3.63) is 35.9 Å². The van der Waals surface area contributed by atoms with Gasteiger partial charge in [0.1, 0.15) is 0 Å². The van der Waals surface area contributed by atoms with Gasteiger partial charge < -0.3 is 5.32 Å². The first kappa shape index (κ1) is 10.3. The van der Waals surface area contributed by atoms with E-state index in [1.807, 2.05) is 0 Å². The molecular weight excluding hydrogens is 194 g/mol. The normalized spacial score (nSPS) is 32.9. The Morgan fingerprint density at radius 2 is 1.69 bits per heavy atom. The van der Waals surface area contributed by atoms with Crippen LogP contribution in [0.1, 0.15) is 37.7 Å². The van der Waals surface area contributed by atoms with Gasteiger partial charge in [-0.05, 0) is 50.0 Å². The maximum Gasteiger partial charge on any atom is 0.00728 e. The predicted octanol–water partition coefficient (Wildman–Crippen LogP) is 3.15. The number of aryl methyl sites for hydroxylation is 1. The highest BCUT2D eigenvalue weighted by Gasteiger charge is 2.32. The molecule has 2 aliphatic heterocycles. The van der Waals surface area contributed by atoms with Crippen molar-refractivity contribution >= 4 is 0 Å². The lowest BCUT2D eigenvalue weighted by molar-refractivity contribution is 0.286. The number of fused-ring (bicyclic) bond motifs is 2. The topological polar surface area (TPSA) is 12.0 Å².